The van der Waals surface area contributed by atoms with Crippen molar-refractivity contribution in [3.63, 3.8) is 0 Å². The number of hydrogen-bond donors (Lipinski definition) is 1. The molecule has 0 bridgehead atoms. The summed E-state index contributed by atoms with van der Waals surface area (Å²) in [5.74, 6) is 0.286. The molecule has 7 heteroatoms. The summed E-state index contributed by atoms with van der Waals surface area (Å²) in [7, 11) is 1.59. The van der Waals surface area contributed by atoms with Gasteiger partial charge in [-0.15, -0.1) is 0 Å². The van der Waals surface area contributed by atoms with E-state index in [4.69, 9.17) is 9.15 Å². The summed E-state index contributed by atoms with van der Waals surface area (Å²) in [5, 5.41) is 3.31. The lowest BCUT2D eigenvalue weighted by atomic mass is 9.91. The third kappa shape index (κ3) is 3.79. The van der Waals surface area contributed by atoms with Crippen LogP contribution in [0, 0.1) is 0 Å². The quantitative estimate of drug-likeness (QED) is 0.615. The van der Waals surface area contributed by atoms with E-state index in [2.05, 4.69) is 5.32 Å². The summed E-state index contributed by atoms with van der Waals surface area (Å²) >= 11 is 0. The second kappa shape index (κ2) is 8.61. The van der Waals surface area contributed by atoms with Crippen LogP contribution in [0.2, 0.25) is 0 Å². The van der Waals surface area contributed by atoms with Crippen molar-refractivity contribution in [2.75, 3.05) is 12.0 Å². The summed E-state index contributed by atoms with van der Waals surface area (Å²) in [4.78, 5) is 29.4. The first-order valence-electron chi connectivity index (χ1n) is 11.9. The number of methoxy groups -OCH3 is 1. The molecule has 2 amide bonds. The van der Waals surface area contributed by atoms with Crippen LogP contribution < -0.4 is 15.0 Å². The van der Waals surface area contributed by atoms with E-state index in [-0.39, 0.29) is 17.9 Å². The van der Waals surface area contributed by atoms with Gasteiger partial charge in [-0.1, -0.05) is 38.2 Å². The molecule has 2 aliphatic rings. The minimum absolute atomic E-state index is 0.125. The van der Waals surface area contributed by atoms with Crippen LogP contribution in [-0.4, -0.2) is 35.1 Å². The Kier molecular flexibility index (Phi) is 5.64. The molecule has 1 atom stereocenters. The summed E-state index contributed by atoms with van der Waals surface area (Å²) in [6, 6.07) is 11.1. The number of fused-ring (bicyclic) bond motifs is 3. The van der Waals surface area contributed by atoms with Gasteiger partial charge in [-0.2, -0.15) is 0 Å². The average molecular weight is 450 g/mol. The van der Waals surface area contributed by atoms with E-state index in [1.807, 2.05) is 41.8 Å². The molecule has 174 valence electrons. The zero-order chi connectivity index (χ0) is 23.0. The highest BCUT2D eigenvalue weighted by molar-refractivity contribution is 6.13. The third-order valence-electron chi connectivity index (χ3n) is 7.15. The molecule has 1 aliphatic carbocycles. The van der Waals surface area contributed by atoms with Crippen molar-refractivity contribution in [2.45, 2.75) is 70.0 Å². The van der Waals surface area contributed by atoms with Crippen LogP contribution >= 0.6 is 0 Å². The maximum absolute atomic E-state index is 13.9. The van der Waals surface area contributed by atoms with E-state index in [1.165, 1.54) is 19.3 Å². The Hall–Kier alpha value is -3.22. The molecule has 0 radical (unpaired) electrons. The number of carbonyl (C=O) groups excluding carboxylic acids is 2. The molecule has 1 aliphatic heterocycles. The van der Waals surface area contributed by atoms with Crippen LogP contribution in [0.1, 0.15) is 62.4 Å². The molecule has 3 aromatic rings. The Labute approximate surface area is 193 Å². The number of carbonyl (C=O) groups is 2. The van der Waals surface area contributed by atoms with Crippen LogP contribution in [-0.2, 0) is 11.3 Å². The number of furan rings is 1. The molecule has 1 aromatic carbocycles. The molecule has 3 heterocycles. The number of nitrogens with zero attached hydrogens (tertiary/aromatic N) is 2. The van der Waals surface area contributed by atoms with Crippen molar-refractivity contribution >= 4 is 28.6 Å². The van der Waals surface area contributed by atoms with Crippen LogP contribution in [0.3, 0.4) is 0 Å². The number of anilines is 1. The van der Waals surface area contributed by atoms with Gasteiger partial charge in [0, 0.05) is 29.9 Å². The number of nitrogens with one attached hydrogen (secondary N) is 1. The standard InChI is InChI=1S/C26H31N3O4/c1-26(25(31)27-18-9-6-4-3-5-7-10-18)17-28-21-13-14-33-23(21)16-22(28)24(30)29(26)19-11-8-12-20(15-19)32-2/h8,11-16,18H,3-7,9-10,17H2,1-2H3,(H,27,31). The van der Waals surface area contributed by atoms with Gasteiger partial charge < -0.3 is 19.0 Å². The monoisotopic (exact) mass is 449 g/mol. The largest absolute Gasteiger partial charge is 0.497 e. The van der Waals surface area contributed by atoms with Gasteiger partial charge in [0.1, 0.15) is 17.0 Å². The van der Waals surface area contributed by atoms with Crippen molar-refractivity contribution in [3.05, 3.63) is 48.4 Å². The average Bonchev–Trinajstić information content (AvgIpc) is 3.38. The zero-order valence-corrected chi connectivity index (χ0v) is 19.3. The summed E-state index contributed by atoms with van der Waals surface area (Å²) in [5.41, 5.74) is 1.52. The maximum Gasteiger partial charge on any atom is 0.276 e. The first-order valence-corrected chi connectivity index (χ1v) is 11.9. The van der Waals surface area contributed by atoms with Gasteiger partial charge in [0.05, 0.1) is 25.4 Å². The Morgan fingerprint density at radius 3 is 2.64 bits per heavy atom. The molecule has 7 nitrogen and oxygen atoms in total. The van der Waals surface area contributed by atoms with E-state index in [0.717, 1.165) is 31.2 Å². The second-order valence-electron chi connectivity index (χ2n) is 9.42. The molecule has 2 aromatic heterocycles. The molecule has 0 saturated heterocycles. The molecule has 1 fully saturated rings. The number of rotatable bonds is 4. The summed E-state index contributed by atoms with van der Waals surface area (Å²) < 4.78 is 12.9. The molecule has 5 rings (SSSR count). The smallest absolute Gasteiger partial charge is 0.276 e. The number of benzene rings is 1. The molecule has 1 saturated carbocycles. The van der Waals surface area contributed by atoms with Crippen LogP contribution in [0.15, 0.2) is 47.1 Å². The summed E-state index contributed by atoms with van der Waals surface area (Å²) in [6.07, 6.45) is 9.52. The van der Waals surface area contributed by atoms with E-state index in [0.29, 0.717) is 29.3 Å². The zero-order valence-electron chi connectivity index (χ0n) is 19.3. The second-order valence-corrected chi connectivity index (χ2v) is 9.42. The van der Waals surface area contributed by atoms with Crippen LogP contribution in [0.25, 0.3) is 11.1 Å². The fraction of sp³-hybridized carbons (Fsp3) is 0.462. The fourth-order valence-electron chi connectivity index (χ4n) is 5.31. The molecule has 1 N–H and O–H groups in total. The van der Waals surface area contributed by atoms with E-state index < -0.39 is 5.54 Å². The first-order chi connectivity index (χ1) is 16.0. The molecular formula is C26H31N3O4. The van der Waals surface area contributed by atoms with Gasteiger partial charge in [0.2, 0.25) is 5.91 Å². The van der Waals surface area contributed by atoms with Gasteiger partial charge in [-0.3, -0.25) is 14.5 Å². The first kappa shape index (κ1) is 21.6. The predicted molar refractivity (Wildman–Crippen MR) is 127 cm³/mol. The van der Waals surface area contributed by atoms with E-state index in [1.54, 1.807) is 24.3 Å². The topological polar surface area (TPSA) is 76.7 Å². The minimum Gasteiger partial charge on any atom is -0.497 e. The van der Waals surface area contributed by atoms with Crippen molar-refractivity contribution < 1.29 is 18.7 Å². The lowest BCUT2D eigenvalue weighted by molar-refractivity contribution is -0.127. The Morgan fingerprint density at radius 1 is 1.12 bits per heavy atom. The van der Waals surface area contributed by atoms with Gasteiger partial charge in [-0.25, -0.2) is 0 Å². The SMILES string of the molecule is COc1cccc(N2C(=O)c3cc4occc4n3CC2(C)C(=O)NC2CCCCCCC2)c1. The number of amides is 2. The van der Waals surface area contributed by atoms with E-state index in [9.17, 15) is 9.59 Å². The minimum atomic E-state index is -1.11. The van der Waals surface area contributed by atoms with Gasteiger partial charge >= 0.3 is 0 Å². The third-order valence-corrected chi connectivity index (χ3v) is 7.15. The molecular weight excluding hydrogens is 418 g/mol. The lowest BCUT2D eigenvalue weighted by Gasteiger charge is -2.44. The Bertz CT molecular complexity index is 1170. The van der Waals surface area contributed by atoms with Crippen molar-refractivity contribution in [1.82, 2.24) is 9.88 Å². The summed E-state index contributed by atoms with van der Waals surface area (Å²) in [6.45, 7) is 2.20. The fourth-order valence-corrected chi connectivity index (χ4v) is 5.31. The van der Waals surface area contributed by atoms with Crippen molar-refractivity contribution in [3.8, 4) is 5.75 Å². The molecule has 33 heavy (non-hydrogen) atoms. The van der Waals surface area contributed by atoms with Crippen molar-refractivity contribution in [2.24, 2.45) is 0 Å². The number of hydrogen-bond acceptors (Lipinski definition) is 4. The Balaban J connectivity index is 1.55. The highest BCUT2D eigenvalue weighted by atomic mass is 16.5. The number of ether oxygens (including phenoxy) is 1. The van der Waals surface area contributed by atoms with Crippen molar-refractivity contribution in [1.29, 1.82) is 0 Å². The normalized spacial score (nSPS) is 22.0. The van der Waals surface area contributed by atoms with Gasteiger partial charge in [0.25, 0.3) is 5.91 Å². The molecule has 1 unspecified atom stereocenters. The van der Waals surface area contributed by atoms with Gasteiger partial charge in [0.15, 0.2) is 5.58 Å². The lowest BCUT2D eigenvalue weighted by Crippen LogP contribution is -2.65. The van der Waals surface area contributed by atoms with Gasteiger partial charge in [-0.05, 0) is 31.9 Å². The molecule has 0 spiro atoms. The van der Waals surface area contributed by atoms with E-state index >= 15 is 0 Å². The predicted octanol–water partition coefficient (Wildman–Crippen LogP) is 4.89. The van der Waals surface area contributed by atoms with Crippen LogP contribution in [0.4, 0.5) is 5.69 Å². The Morgan fingerprint density at radius 2 is 1.88 bits per heavy atom. The van der Waals surface area contributed by atoms with Crippen LogP contribution in [0.5, 0.6) is 5.75 Å². The highest BCUT2D eigenvalue weighted by Crippen LogP contribution is 2.37. The number of aromatic nitrogens is 1. The maximum atomic E-state index is 13.9. The highest BCUT2D eigenvalue weighted by Gasteiger charge is 2.49.